The molecular formula is C27H22F3NO5. The second-order valence-corrected chi connectivity index (χ2v) is 8.87. The molecule has 5 rings (SSSR count). The van der Waals surface area contributed by atoms with Crippen LogP contribution in [0.15, 0.2) is 60.7 Å². The highest BCUT2D eigenvalue weighted by Crippen LogP contribution is 2.45. The molecular weight excluding hydrogens is 475 g/mol. The van der Waals surface area contributed by atoms with Crippen molar-refractivity contribution in [2.75, 3.05) is 7.11 Å². The molecule has 2 atom stereocenters. The maximum atomic E-state index is 13.7. The molecule has 0 saturated carbocycles. The van der Waals surface area contributed by atoms with E-state index in [-0.39, 0.29) is 18.5 Å². The molecule has 36 heavy (non-hydrogen) atoms. The number of amides is 1. The average molecular weight is 497 g/mol. The zero-order valence-corrected chi connectivity index (χ0v) is 19.2. The number of halogens is 3. The molecule has 2 aliphatic rings. The summed E-state index contributed by atoms with van der Waals surface area (Å²) in [6.45, 7) is -0.125. The lowest BCUT2D eigenvalue weighted by atomic mass is 9.94. The van der Waals surface area contributed by atoms with E-state index in [9.17, 15) is 27.9 Å². The molecule has 1 heterocycles. The van der Waals surface area contributed by atoms with E-state index in [0.717, 1.165) is 23.3 Å². The number of fused-ring (bicyclic) bond motifs is 3. The molecule has 3 aromatic carbocycles. The predicted octanol–water partition coefficient (Wildman–Crippen LogP) is 5.63. The van der Waals surface area contributed by atoms with Crippen molar-refractivity contribution < 1.29 is 37.3 Å². The van der Waals surface area contributed by atoms with E-state index in [1.807, 2.05) is 24.3 Å². The van der Waals surface area contributed by atoms with Crippen molar-refractivity contribution in [2.24, 2.45) is 0 Å². The molecule has 3 aromatic rings. The topological polar surface area (TPSA) is 76.1 Å². The van der Waals surface area contributed by atoms with Crippen molar-refractivity contribution in [3.63, 3.8) is 0 Å². The highest BCUT2D eigenvalue weighted by molar-refractivity contribution is 5.78. The van der Waals surface area contributed by atoms with Crippen LogP contribution in [0.1, 0.15) is 33.9 Å². The summed E-state index contributed by atoms with van der Waals surface area (Å²) in [5, 5.41) is 9.21. The summed E-state index contributed by atoms with van der Waals surface area (Å²) >= 11 is 0. The van der Waals surface area contributed by atoms with Gasteiger partial charge < -0.3 is 14.6 Å². The van der Waals surface area contributed by atoms with Crippen LogP contribution in [0.3, 0.4) is 0 Å². The van der Waals surface area contributed by atoms with E-state index in [1.165, 1.54) is 18.1 Å². The number of aliphatic carboxylic acids is 1. The zero-order chi connectivity index (χ0) is 25.6. The van der Waals surface area contributed by atoms with Crippen molar-refractivity contribution in [3.05, 3.63) is 88.5 Å². The molecule has 0 radical (unpaired) electrons. The summed E-state index contributed by atoms with van der Waals surface area (Å²) in [5.41, 5.74) is 2.68. The van der Waals surface area contributed by atoms with Gasteiger partial charge in [0.15, 0.2) is 0 Å². The Morgan fingerprint density at radius 1 is 1.11 bits per heavy atom. The molecule has 1 amide bonds. The molecule has 1 unspecified atom stereocenters. The minimum atomic E-state index is -4.59. The molecule has 186 valence electrons. The molecule has 6 nitrogen and oxygen atoms in total. The summed E-state index contributed by atoms with van der Waals surface area (Å²) in [4.78, 5) is 25.5. The molecule has 1 N–H and O–H groups in total. The number of carbonyl (C=O) groups excluding carboxylic acids is 1. The van der Waals surface area contributed by atoms with E-state index >= 15 is 0 Å². The average Bonchev–Trinajstić information content (AvgIpc) is 3.33. The van der Waals surface area contributed by atoms with Gasteiger partial charge in [-0.15, -0.1) is 0 Å². The lowest BCUT2D eigenvalue weighted by Gasteiger charge is -2.24. The van der Waals surface area contributed by atoms with Gasteiger partial charge in [0.25, 0.3) is 0 Å². The maximum Gasteiger partial charge on any atom is 0.416 e. The normalized spacial score (nSPS) is 18.6. The number of nitrogens with zero attached hydrogens (tertiary/aromatic N) is 1. The van der Waals surface area contributed by atoms with Crippen LogP contribution in [0.2, 0.25) is 0 Å². The Hall–Kier alpha value is -4.01. The van der Waals surface area contributed by atoms with Crippen LogP contribution in [-0.2, 0) is 35.1 Å². The Morgan fingerprint density at radius 2 is 1.89 bits per heavy atom. The van der Waals surface area contributed by atoms with E-state index in [1.54, 1.807) is 18.2 Å². The fourth-order valence-corrected chi connectivity index (χ4v) is 5.08. The second kappa shape index (κ2) is 8.89. The number of alkyl halides is 3. The number of hydrogen-bond acceptors (Lipinski definition) is 4. The quantitative estimate of drug-likeness (QED) is 0.478. The van der Waals surface area contributed by atoms with Gasteiger partial charge in [-0.3, -0.25) is 9.69 Å². The summed E-state index contributed by atoms with van der Waals surface area (Å²) in [5.74, 6) is -0.664. The van der Waals surface area contributed by atoms with Gasteiger partial charge in [-0.2, -0.15) is 13.2 Å². The van der Waals surface area contributed by atoms with Gasteiger partial charge in [0.05, 0.1) is 31.7 Å². The molecule has 0 spiro atoms. The summed E-state index contributed by atoms with van der Waals surface area (Å²) < 4.78 is 52.0. The Morgan fingerprint density at radius 3 is 2.61 bits per heavy atom. The van der Waals surface area contributed by atoms with Crippen molar-refractivity contribution in [3.8, 4) is 16.9 Å². The maximum absolute atomic E-state index is 13.7. The molecule has 9 heteroatoms. The first-order valence-corrected chi connectivity index (χ1v) is 11.3. The van der Waals surface area contributed by atoms with Crippen LogP contribution >= 0.6 is 0 Å². The number of rotatable bonds is 6. The lowest BCUT2D eigenvalue weighted by molar-refractivity contribution is -0.138. The third-order valence-electron chi connectivity index (χ3n) is 6.65. The third kappa shape index (κ3) is 4.25. The SMILES string of the molecule is COc1ccc(CC(=O)O)cc1-c1ccc(C(F)(F)F)cc1CN1C(=O)OC2Cc3ccccc3[C@@H]21. The van der Waals surface area contributed by atoms with Gasteiger partial charge in [0.1, 0.15) is 11.9 Å². The molecule has 0 aromatic heterocycles. The Labute approximate surface area is 204 Å². The van der Waals surface area contributed by atoms with Crippen molar-refractivity contribution >= 4 is 12.1 Å². The highest BCUT2D eigenvalue weighted by atomic mass is 19.4. The van der Waals surface area contributed by atoms with E-state index in [2.05, 4.69) is 0 Å². The minimum Gasteiger partial charge on any atom is -0.496 e. The minimum absolute atomic E-state index is 0.125. The van der Waals surface area contributed by atoms with Gasteiger partial charge in [-0.1, -0.05) is 36.4 Å². The van der Waals surface area contributed by atoms with Crippen LogP contribution < -0.4 is 4.74 Å². The van der Waals surface area contributed by atoms with Gasteiger partial charge >= 0.3 is 18.2 Å². The number of carboxylic acids is 1. The number of ether oxygens (including phenoxy) is 2. The largest absolute Gasteiger partial charge is 0.496 e. The van der Waals surface area contributed by atoms with Crippen molar-refractivity contribution in [2.45, 2.75) is 37.7 Å². The molecule has 1 aliphatic heterocycles. The summed E-state index contributed by atoms with van der Waals surface area (Å²) in [6.07, 6.45) is -5.29. The first-order valence-electron chi connectivity index (χ1n) is 11.3. The van der Waals surface area contributed by atoms with Crippen molar-refractivity contribution in [1.29, 1.82) is 0 Å². The van der Waals surface area contributed by atoms with Crippen LogP contribution in [0.25, 0.3) is 11.1 Å². The Bertz CT molecular complexity index is 1350. The first kappa shape index (κ1) is 23.7. The fourth-order valence-electron chi connectivity index (χ4n) is 5.08. The standard InChI is InChI=1S/C27H22F3NO5/c1-35-22-9-6-15(11-24(32)33)10-21(22)19-8-7-18(27(28,29)30)12-17(19)14-31-25-20-5-3-2-4-16(20)13-23(25)36-26(31)34/h2-10,12,23,25H,11,13-14H2,1H3,(H,32,33)/t23?,25-/m0/s1. The van der Waals surface area contributed by atoms with Crippen LogP contribution in [-0.4, -0.2) is 35.3 Å². The second-order valence-electron chi connectivity index (χ2n) is 8.87. The molecule has 1 aliphatic carbocycles. The predicted molar refractivity (Wildman–Crippen MR) is 123 cm³/mol. The highest BCUT2D eigenvalue weighted by Gasteiger charge is 2.47. The van der Waals surface area contributed by atoms with Crippen LogP contribution in [0.5, 0.6) is 5.75 Å². The fraction of sp³-hybridized carbons (Fsp3) is 0.259. The monoisotopic (exact) mass is 497 g/mol. The third-order valence-corrected chi connectivity index (χ3v) is 6.65. The van der Waals surface area contributed by atoms with Gasteiger partial charge in [-0.25, -0.2) is 4.79 Å². The van der Waals surface area contributed by atoms with Crippen molar-refractivity contribution in [1.82, 2.24) is 4.90 Å². The van der Waals surface area contributed by atoms with Gasteiger partial charge in [-0.05, 0) is 52.1 Å². The smallest absolute Gasteiger partial charge is 0.416 e. The van der Waals surface area contributed by atoms with E-state index in [4.69, 9.17) is 9.47 Å². The number of carboxylic acid groups (broad SMARTS) is 1. The van der Waals surface area contributed by atoms with E-state index < -0.39 is 35.9 Å². The van der Waals surface area contributed by atoms with Crippen LogP contribution in [0, 0.1) is 0 Å². The number of benzene rings is 3. The Kier molecular flexibility index (Phi) is 5.86. The number of methoxy groups -OCH3 is 1. The molecule has 1 saturated heterocycles. The number of carbonyl (C=O) groups is 2. The molecule has 1 fully saturated rings. The lowest BCUT2D eigenvalue weighted by Crippen LogP contribution is -2.28. The van der Waals surface area contributed by atoms with Crippen LogP contribution in [0.4, 0.5) is 18.0 Å². The summed E-state index contributed by atoms with van der Waals surface area (Å²) in [6, 6.07) is 15.3. The molecule has 0 bridgehead atoms. The summed E-state index contributed by atoms with van der Waals surface area (Å²) in [7, 11) is 1.43. The number of hydrogen-bond donors (Lipinski definition) is 1. The van der Waals surface area contributed by atoms with E-state index in [0.29, 0.717) is 28.9 Å². The van der Waals surface area contributed by atoms with Gasteiger partial charge in [0.2, 0.25) is 0 Å². The Balaban J connectivity index is 1.61. The first-order chi connectivity index (χ1) is 17.2. The van der Waals surface area contributed by atoms with Gasteiger partial charge in [0, 0.05) is 12.0 Å². The zero-order valence-electron chi connectivity index (χ0n) is 19.2.